The molecule has 104 valence electrons. The molecule has 2 rings (SSSR count). The first kappa shape index (κ1) is 14.0. The van der Waals surface area contributed by atoms with Crippen LogP contribution in [0, 0.1) is 13.8 Å². The highest BCUT2D eigenvalue weighted by Gasteiger charge is 2.20. The Morgan fingerprint density at radius 2 is 2.21 bits per heavy atom. The van der Waals surface area contributed by atoms with Crippen LogP contribution in [0.2, 0.25) is 0 Å². The van der Waals surface area contributed by atoms with Crippen LogP contribution in [0.4, 0.5) is 5.69 Å². The zero-order valence-electron chi connectivity index (χ0n) is 12.0. The Morgan fingerprint density at radius 1 is 1.42 bits per heavy atom. The first-order chi connectivity index (χ1) is 9.06. The molecule has 1 atom stereocenters. The number of amides is 1. The lowest BCUT2D eigenvalue weighted by Gasteiger charge is -2.33. The summed E-state index contributed by atoms with van der Waals surface area (Å²) in [7, 11) is 0. The highest BCUT2D eigenvalue weighted by Crippen LogP contribution is 2.14. The number of hydrogen-bond acceptors (Lipinski definition) is 3. The van der Waals surface area contributed by atoms with E-state index in [1.165, 1.54) is 11.1 Å². The standard InChI is InChI=1S/C15H23N3O/c1-11-4-5-14(8-12(11)2)17-15(19)10-18-7-6-16-9-13(18)3/h4-5,8,13,16H,6-7,9-10H2,1-3H3,(H,17,19). The van der Waals surface area contributed by atoms with Gasteiger partial charge in [-0.15, -0.1) is 0 Å². The number of rotatable bonds is 3. The van der Waals surface area contributed by atoms with Crippen LogP contribution in [-0.2, 0) is 4.79 Å². The van der Waals surface area contributed by atoms with E-state index in [-0.39, 0.29) is 5.91 Å². The number of anilines is 1. The number of benzene rings is 1. The molecule has 1 aromatic rings. The van der Waals surface area contributed by atoms with Crippen LogP contribution < -0.4 is 10.6 Å². The average molecular weight is 261 g/mol. The summed E-state index contributed by atoms with van der Waals surface area (Å²) in [6.45, 7) is 9.59. The number of aryl methyl sites for hydroxylation is 2. The number of carbonyl (C=O) groups is 1. The van der Waals surface area contributed by atoms with Crippen molar-refractivity contribution in [2.45, 2.75) is 26.8 Å². The van der Waals surface area contributed by atoms with E-state index in [2.05, 4.69) is 36.3 Å². The molecule has 1 saturated heterocycles. The second-order valence-electron chi connectivity index (χ2n) is 5.37. The SMILES string of the molecule is Cc1ccc(NC(=O)CN2CCNCC2C)cc1C. The van der Waals surface area contributed by atoms with Crippen molar-refractivity contribution in [3.63, 3.8) is 0 Å². The van der Waals surface area contributed by atoms with Crippen molar-refractivity contribution in [3.05, 3.63) is 29.3 Å². The molecule has 2 N–H and O–H groups in total. The van der Waals surface area contributed by atoms with Gasteiger partial charge in [0.1, 0.15) is 0 Å². The molecule has 1 amide bonds. The van der Waals surface area contributed by atoms with E-state index in [4.69, 9.17) is 0 Å². The lowest BCUT2D eigenvalue weighted by atomic mass is 10.1. The smallest absolute Gasteiger partial charge is 0.238 e. The summed E-state index contributed by atoms with van der Waals surface area (Å²) in [6, 6.07) is 6.44. The minimum absolute atomic E-state index is 0.0667. The number of nitrogens with one attached hydrogen (secondary N) is 2. The number of nitrogens with zero attached hydrogens (tertiary/aromatic N) is 1. The van der Waals surface area contributed by atoms with E-state index in [1.54, 1.807) is 0 Å². The van der Waals surface area contributed by atoms with Crippen LogP contribution in [0.25, 0.3) is 0 Å². The Morgan fingerprint density at radius 3 is 2.89 bits per heavy atom. The monoisotopic (exact) mass is 261 g/mol. The summed E-state index contributed by atoms with van der Waals surface area (Å²) in [4.78, 5) is 14.3. The van der Waals surface area contributed by atoms with Crippen molar-refractivity contribution in [3.8, 4) is 0 Å². The fourth-order valence-electron chi connectivity index (χ4n) is 2.32. The van der Waals surface area contributed by atoms with Crippen molar-refractivity contribution in [2.24, 2.45) is 0 Å². The van der Waals surface area contributed by atoms with Crippen molar-refractivity contribution in [2.75, 3.05) is 31.5 Å². The van der Waals surface area contributed by atoms with Crippen molar-refractivity contribution < 1.29 is 4.79 Å². The highest BCUT2D eigenvalue weighted by atomic mass is 16.2. The van der Waals surface area contributed by atoms with Crippen LogP contribution in [0.3, 0.4) is 0 Å². The van der Waals surface area contributed by atoms with Crippen LogP contribution >= 0.6 is 0 Å². The predicted molar refractivity (Wildman–Crippen MR) is 78.5 cm³/mol. The number of piperazine rings is 1. The quantitative estimate of drug-likeness (QED) is 0.867. The Bertz CT molecular complexity index is 459. The maximum absolute atomic E-state index is 12.0. The molecule has 4 nitrogen and oxygen atoms in total. The molecule has 1 unspecified atom stereocenters. The molecule has 0 bridgehead atoms. The van der Waals surface area contributed by atoms with Crippen LogP contribution in [0.15, 0.2) is 18.2 Å². The minimum atomic E-state index is 0.0667. The van der Waals surface area contributed by atoms with Gasteiger partial charge in [-0.1, -0.05) is 6.07 Å². The topological polar surface area (TPSA) is 44.4 Å². The lowest BCUT2D eigenvalue weighted by Crippen LogP contribution is -2.51. The number of carbonyl (C=O) groups excluding carboxylic acids is 1. The molecule has 1 heterocycles. The van der Waals surface area contributed by atoms with Crippen molar-refractivity contribution in [1.82, 2.24) is 10.2 Å². The molecule has 0 aliphatic carbocycles. The Kier molecular flexibility index (Phi) is 4.56. The van der Waals surface area contributed by atoms with Crippen molar-refractivity contribution >= 4 is 11.6 Å². The zero-order chi connectivity index (χ0) is 13.8. The third-order valence-corrected chi connectivity index (χ3v) is 3.78. The third kappa shape index (κ3) is 3.78. The molecule has 1 aliphatic rings. The van der Waals surface area contributed by atoms with Crippen LogP contribution in [0.5, 0.6) is 0 Å². The Balaban J connectivity index is 1.91. The van der Waals surface area contributed by atoms with Gasteiger partial charge in [-0.2, -0.15) is 0 Å². The van der Waals surface area contributed by atoms with Gasteiger partial charge in [0.15, 0.2) is 0 Å². The predicted octanol–water partition coefficient (Wildman–Crippen LogP) is 1.54. The highest BCUT2D eigenvalue weighted by molar-refractivity contribution is 5.92. The van der Waals surface area contributed by atoms with E-state index in [0.717, 1.165) is 25.3 Å². The molecular formula is C15H23N3O. The van der Waals surface area contributed by atoms with Gasteiger partial charge in [0, 0.05) is 31.4 Å². The average Bonchev–Trinajstić information content (AvgIpc) is 2.37. The molecule has 19 heavy (non-hydrogen) atoms. The molecule has 0 spiro atoms. The normalized spacial score (nSPS) is 20.3. The van der Waals surface area contributed by atoms with Gasteiger partial charge >= 0.3 is 0 Å². The van der Waals surface area contributed by atoms with Gasteiger partial charge < -0.3 is 10.6 Å². The minimum Gasteiger partial charge on any atom is -0.325 e. The summed E-state index contributed by atoms with van der Waals surface area (Å²) in [6.07, 6.45) is 0. The van der Waals surface area contributed by atoms with E-state index in [9.17, 15) is 4.79 Å². The molecule has 1 aliphatic heterocycles. The van der Waals surface area contributed by atoms with Gasteiger partial charge in [-0.3, -0.25) is 9.69 Å². The van der Waals surface area contributed by atoms with Crippen LogP contribution in [0.1, 0.15) is 18.1 Å². The first-order valence-corrected chi connectivity index (χ1v) is 6.88. The summed E-state index contributed by atoms with van der Waals surface area (Å²) in [5.41, 5.74) is 3.33. The maximum Gasteiger partial charge on any atom is 0.238 e. The van der Waals surface area contributed by atoms with Gasteiger partial charge in [0.2, 0.25) is 5.91 Å². The summed E-state index contributed by atoms with van der Waals surface area (Å²) in [5, 5.41) is 6.30. The molecule has 1 aromatic carbocycles. The fraction of sp³-hybridized carbons (Fsp3) is 0.533. The first-order valence-electron chi connectivity index (χ1n) is 6.88. The number of hydrogen-bond donors (Lipinski definition) is 2. The van der Waals surface area contributed by atoms with E-state index >= 15 is 0 Å². The van der Waals surface area contributed by atoms with E-state index in [0.29, 0.717) is 12.6 Å². The van der Waals surface area contributed by atoms with Gasteiger partial charge in [-0.05, 0) is 44.0 Å². The molecule has 0 radical (unpaired) electrons. The fourth-order valence-corrected chi connectivity index (χ4v) is 2.32. The van der Waals surface area contributed by atoms with Gasteiger partial charge in [0.25, 0.3) is 0 Å². The molecule has 0 saturated carbocycles. The Labute approximate surface area is 115 Å². The summed E-state index contributed by atoms with van der Waals surface area (Å²) < 4.78 is 0. The lowest BCUT2D eigenvalue weighted by molar-refractivity contribution is -0.118. The van der Waals surface area contributed by atoms with Gasteiger partial charge in [0.05, 0.1) is 6.54 Å². The maximum atomic E-state index is 12.0. The zero-order valence-corrected chi connectivity index (χ0v) is 12.0. The third-order valence-electron chi connectivity index (χ3n) is 3.78. The Hall–Kier alpha value is -1.39. The van der Waals surface area contributed by atoms with Gasteiger partial charge in [-0.25, -0.2) is 0 Å². The van der Waals surface area contributed by atoms with E-state index in [1.807, 2.05) is 18.2 Å². The molecule has 4 heteroatoms. The summed E-state index contributed by atoms with van der Waals surface area (Å²) >= 11 is 0. The molecular weight excluding hydrogens is 238 g/mol. The molecule has 1 fully saturated rings. The van der Waals surface area contributed by atoms with E-state index < -0.39 is 0 Å². The second kappa shape index (κ2) is 6.17. The summed E-state index contributed by atoms with van der Waals surface area (Å²) in [5.74, 6) is 0.0667. The second-order valence-corrected chi connectivity index (χ2v) is 5.37. The largest absolute Gasteiger partial charge is 0.325 e. The van der Waals surface area contributed by atoms with Crippen molar-refractivity contribution in [1.29, 1.82) is 0 Å². The molecule has 0 aromatic heterocycles. The van der Waals surface area contributed by atoms with Crippen LogP contribution in [-0.4, -0.2) is 43.0 Å².